The van der Waals surface area contributed by atoms with E-state index in [1.165, 1.54) is 31.9 Å². The summed E-state index contributed by atoms with van der Waals surface area (Å²) in [7, 11) is -0.703. The third kappa shape index (κ3) is 4.92. The lowest BCUT2D eigenvalue weighted by atomic mass is 10.1. The van der Waals surface area contributed by atoms with Gasteiger partial charge in [-0.3, -0.25) is 4.79 Å². The maximum absolute atomic E-state index is 13.1. The third-order valence-corrected chi connectivity index (χ3v) is 7.78. The zero-order chi connectivity index (χ0) is 23.4. The predicted octanol–water partition coefficient (Wildman–Crippen LogP) is 3.70. The Morgan fingerprint density at radius 2 is 1.73 bits per heavy atom. The van der Waals surface area contributed by atoms with E-state index in [9.17, 15) is 13.2 Å². The SMILES string of the molecule is CN(C)S(=O)(=O)c1ccccc1CNC(=O)c1oc2ccccc2c1CSc1ncccn1. The first-order valence-electron chi connectivity index (χ1n) is 10.1. The van der Waals surface area contributed by atoms with Crippen LogP contribution >= 0.6 is 11.8 Å². The summed E-state index contributed by atoms with van der Waals surface area (Å²) in [5.41, 5.74) is 1.82. The number of thioether (sulfide) groups is 1. The molecule has 4 aromatic rings. The van der Waals surface area contributed by atoms with Gasteiger partial charge in [-0.1, -0.05) is 48.2 Å². The summed E-state index contributed by atoms with van der Waals surface area (Å²) in [6.07, 6.45) is 3.32. The van der Waals surface area contributed by atoms with E-state index in [1.807, 2.05) is 18.2 Å². The molecule has 4 rings (SSSR count). The van der Waals surface area contributed by atoms with Gasteiger partial charge >= 0.3 is 0 Å². The molecule has 0 saturated heterocycles. The molecule has 2 heterocycles. The number of furan rings is 1. The standard InChI is InChI=1S/C23H22N4O4S2/c1-27(2)33(29,30)20-11-6-3-8-16(20)14-26-22(28)21-18(15-32-23-24-12-7-13-25-23)17-9-4-5-10-19(17)31-21/h3-13H,14-15H2,1-2H3,(H,26,28). The summed E-state index contributed by atoms with van der Waals surface area (Å²) in [5.74, 6) is 0.204. The Kier molecular flexibility index (Phi) is 6.77. The van der Waals surface area contributed by atoms with E-state index in [0.29, 0.717) is 22.1 Å². The van der Waals surface area contributed by atoms with Gasteiger partial charge in [0.1, 0.15) is 5.58 Å². The van der Waals surface area contributed by atoms with Gasteiger partial charge in [-0.25, -0.2) is 22.7 Å². The van der Waals surface area contributed by atoms with E-state index in [2.05, 4.69) is 15.3 Å². The molecule has 0 aliphatic rings. The van der Waals surface area contributed by atoms with E-state index in [0.717, 1.165) is 15.3 Å². The molecule has 0 saturated carbocycles. The van der Waals surface area contributed by atoms with Gasteiger partial charge in [0, 0.05) is 49.7 Å². The monoisotopic (exact) mass is 482 g/mol. The Morgan fingerprint density at radius 1 is 1.03 bits per heavy atom. The normalized spacial score (nSPS) is 11.7. The van der Waals surface area contributed by atoms with E-state index in [4.69, 9.17) is 4.42 Å². The second kappa shape index (κ2) is 9.74. The van der Waals surface area contributed by atoms with Crippen LogP contribution in [0, 0.1) is 0 Å². The number of carbonyl (C=O) groups is 1. The number of amides is 1. The van der Waals surface area contributed by atoms with Crippen LogP contribution in [0.15, 0.2) is 81.5 Å². The fourth-order valence-corrected chi connectivity index (χ4v) is 5.22. The summed E-state index contributed by atoms with van der Waals surface area (Å²) in [4.78, 5) is 21.7. The van der Waals surface area contributed by atoms with Crippen LogP contribution in [-0.2, 0) is 22.3 Å². The number of sulfonamides is 1. The maximum Gasteiger partial charge on any atom is 0.287 e. The number of aromatic nitrogens is 2. The fraction of sp³-hybridized carbons (Fsp3) is 0.174. The average Bonchev–Trinajstić information content (AvgIpc) is 3.20. The van der Waals surface area contributed by atoms with Crippen LogP contribution in [0.25, 0.3) is 11.0 Å². The van der Waals surface area contributed by atoms with Crippen molar-refractivity contribution in [2.24, 2.45) is 0 Å². The van der Waals surface area contributed by atoms with E-state index in [-0.39, 0.29) is 17.2 Å². The topological polar surface area (TPSA) is 105 Å². The average molecular weight is 483 g/mol. The molecule has 8 nitrogen and oxygen atoms in total. The second-order valence-corrected chi connectivity index (χ2v) is 10.4. The van der Waals surface area contributed by atoms with Crippen LogP contribution in [0.4, 0.5) is 0 Å². The number of nitrogens with zero attached hydrogens (tertiary/aromatic N) is 3. The van der Waals surface area contributed by atoms with Crippen molar-refractivity contribution in [3.05, 3.63) is 83.9 Å². The highest BCUT2D eigenvalue weighted by molar-refractivity contribution is 7.98. The summed E-state index contributed by atoms with van der Waals surface area (Å²) in [6.45, 7) is 0.0352. The first-order valence-corrected chi connectivity index (χ1v) is 12.5. The van der Waals surface area contributed by atoms with Gasteiger partial charge in [0.15, 0.2) is 10.9 Å². The molecule has 0 aliphatic carbocycles. The molecule has 0 spiro atoms. The van der Waals surface area contributed by atoms with Gasteiger partial charge in [0.2, 0.25) is 10.0 Å². The van der Waals surface area contributed by atoms with Gasteiger partial charge in [-0.15, -0.1) is 0 Å². The first-order chi connectivity index (χ1) is 15.9. The number of benzene rings is 2. The molecule has 1 N–H and O–H groups in total. The van der Waals surface area contributed by atoms with Crippen LogP contribution in [0.2, 0.25) is 0 Å². The molecular formula is C23H22N4O4S2. The number of para-hydroxylation sites is 1. The molecule has 1 amide bonds. The molecule has 0 aliphatic heterocycles. The number of hydrogen-bond acceptors (Lipinski definition) is 7. The highest BCUT2D eigenvalue weighted by Crippen LogP contribution is 2.31. The molecule has 0 unspecified atom stereocenters. The largest absolute Gasteiger partial charge is 0.451 e. The van der Waals surface area contributed by atoms with Crippen molar-refractivity contribution in [3.63, 3.8) is 0 Å². The number of fused-ring (bicyclic) bond motifs is 1. The Bertz CT molecular complexity index is 1390. The van der Waals surface area contributed by atoms with E-state index in [1.54, 1.807) is 42.7 Å². The Labute approximate surface area is 196 Å². The zero-order valence-electron chi connectivity index (χ0n) is 18.1. The minimum absolute atomic E-state index is 0.0352. The predicted molar refractivity (Wildman–Crippen MR) is 126 cm³/mol. The minimum atomic E-state index is -3.65. The quantitative estimate of drug-likeness (QED) is 0.302. The third-order valence-electron chi connectivity index (χ3n) is 4.96. The van der Waals surface area contributed by atoms with Crippen molar-refractivity contribution in [1.82, 2.24) is 19.6 Å². The molecule has 0 bridgehead atoms. The van der Waals surface area contributed by atoms with Gasteiger partial charge in [-0.2, -0.15) is 0 Å². The smallest absolute Gasteiger partial charge is 0.287 e. The minimum Gasteiger partial charge on any atom is -0.451 e. The van der Waals surface area contributed by atoms with Gasteiger partial charge < -0.3 is 9.73 Å². The van der Waals surface area contributed by atoms with Crippen molar-refractivity contribution >= 4 is 38.7 Å². The first kappa shape index (κ1) is 23.0. The van der Waals surface area contributed by atoms with Crippen molar-refractivity contribution in [3.8, 4) is 0 Å². The molecule has 0 atom stereocenters. The number of hydrogen-bond donors (Lipinski definition) is 1. The lowest BCUT2D eigenvalue weighted by molar-refractivity contribution is 0.0924. The zero-order valence-corrected chi connectivity index (χ0v) is 19.7. The highest BCUT2D eigenvalue weighted by Gasteiger charge is 2.23. The van der Waals surface area contributed by atoms with Crippen LogP contribution in [0.1, 0.15) is 21.7 Å². The van der Waals surface area contributed by atoms with Crippen molar-refractivity contribution in [1.29, 1.82) is 0 Å². The number of rotatable bonds is 8. The molecule has 33 heavy (non-hydrogen) atoms. The molecule has 2 aromatic carbocycles. The fourth-order valence-electron chi connectivity index (χ4n) is 3.28. The molecule has 0 radical (unpaired) electrons. The summed E-state index contributed by atoms with van der Waals surface area (Å²) >= 11 is 1.40. The maximum atomic E-state index is 13.1. The lowest BCUT2D eigenvalue weighted by Gasteiger charge is -2.15. The second-order valence-electron chi connectivity index (χ2n) is 7.30. The van der Waals surface area contributed by atoms with Crippen molar-refractivity contribution in [2.45, 2.75) is 22.3 Å². The Morgan fingerprint density at radius 3 is 2.48 bits per heavy atom. The van der Waals surface area contributed by atoms with Crippen LogP contribution in [0.3, 0.4) is 0 Å². The summed E-state index contributed by atoms with van der Waals surface area (Å²) in [5, 5.41) is 4.24. The Balaban J connectivity index is 1.60. The molecule has 0 fully saturated rings. The van der Waals surface area contributed by atoms with Gasteiger partial charge in [0.25, 0.3) is 5.91 Å². The van der Waals surface area contributed by atoms with Gasteiger partial charge in [0.05, 0.1) is 4.90 Å². The Hall–Kier alpha value is -3.21. The number of nitrogens with one attached hydrogen (secondary N) is 1. The van der Waals surface area contributed by atoms with Crippen LogP contribution in [-0.4, -0.2) is 42.7 Å². The molecule has 10 heteroatoms. The van der Waals surface area contributed by atoms with Crippen LogP contribution < -0.4 is 5.32 Å². The summed E-state index contributed by atoms with van der Waals surface area (Å²) in [6, 6.07) is 15.8. The molecule has 170 valence electrons. The van der Waals surface area contributed by atoms with E-state index >= 15 is 0 Å². The van der Waals surface area contributed by atoms with Crippen molar-refractivity contribution < 1.29 is 17.6 Å². The van der Waals surface area contributed by atoms with Crippen LogP contribution in [0.5, 0.6) is 0 Å². The number of carbonyl (C=O) groups excluding carboxylic acids is 1. The summed E-state index contributed by atoms with van der Waals surface area (Å²) < 4.78 is 32.3. The molecular weight excluding hydrogens is 460 g/mol. The lowest BCUT2D eigenvalue weighted by Crippen LogP contribution is -2.27. The van der Waals surface area contributed by atoms with Crippen molar-refractivity contribution in [2.75, 3.05) is 14.1 Å². The molecule has 2 aromatic heterocycles. The van der Waals surface area contributed by atoms with Gasteiger partial charge in [-0.05, 0) is 23.8 Å². The van der Waals surface area contributed by atoms with E-state index < -0.39 is 15.9 Å². The highest BCUT2D eigenvalue weighted by atomic mass is 32.2.